The van der Waals surface area contributed by atoms with E-state index in [0.717, 1.165) is 55.3 Å². The van der Waals surface area contributed by atoms with Crippen molar-refractivity contribution in [3.8, 4) is 0 Å². The molecule has 0 radical (unpaired) electrons. The first-order valence-corrected chi connectivity index (χ1v) is 9.43. The van der Waals surface area contributed by atoms with Crippen LogP contribution < -0.4 is 4.72 Å². The second kappa shape index (κ2) is 6.38. The average molecular weight is 335 g/mol. The number of hydrogen-bond donors (Lipinski definition) is 1. The normalized spacial score (nSPS) is 15.6. The number of nitrogens with one attached hydrogen (secondary N) is 1. The zero-order valence-corrected chi connectivity index (χ0v) is 14.2. The van der Waals surface area contributed by atoms with Gasteiger partial charge in [0.1, 0.15) is 5.82 Å². The van der Waals surface area contributed by atoms with Crippen LogP contribution in [-0.2, 0) is 36.2 Å². The van der Waals surface area contributed by atoms with Gasteiger partial charge in [-0.3, -0.25) is 9.88 Å². The molecule has 0 fully saturated rings. The van der Waals surface area contributed by atoms with Gasteiger partial charge in [-0.2, -0.15) is 0 Å². The molecule has 8 heteroatoms. The van der Waals surface area contributed by atoms with Crippen molar-refractivity contribution in [3.63, 3.8) is 0 Å². The lowest BCUT2D eigenvalue weighted by atomic mass is 10.2. The minimum absolute atomic E-state index is 0.234. The fourth-order valence-electron chi connectivity index (χ4n) is 2.70. The van der Waals surface area contributed by atoms with Gasteiger partial charge in [0, 0.05) is 31.5 Å². The first-order chi connectivity index (χ1) is 10.9. The van der Waals surface area contributed by atoms with E-state index in [9.17, 15) is 8.42 Å². The summed E-state index contributed by atoms with van der Waals surface area (Å²) >= 11 is 0. The molecule has 3 heterocycles. The second-order valence-corrected chi connectivity index (χ2v) is 7.75. The molecule has 3 rings (SSSR count). The van der Waals surface area contributed by atoms with Crippen LogP contribution in [0.1, 0.15) is 22.9 Å². The van der Waals surface area contributed by atoms with Crippen molar-refractivity contribution in [3.05, 3.63) is 47.3 Å². The first kappa shape index (κ1) is 16.1. The smallest absolute Gasteiger partial charge is 0.209 e. The maximum Gasteiger partial charge on any atom is 0.209 e. The predicted octanol–water partition coefficient (Wildman–Crippen LogP) is 0.652. The van der Waals surface area contributed by atoms with Crippen LogP contribution in [0.3, 0.4) is 0 Å². The number of aromatic nitrogens is 3. The van der Waals surface area contributed by atoms with Crippen molar-refractivity contribution in [1.29, 1.82) is 0 Å². The average Bonchev–Trinajstić information content (AvgIpc) is 2.87. The molecule has 0 atom stereocenters. The maximum absolute atomic E-state index is 11.2. The van der Waals surface area contributed by atoms with Crippen molar-refractivity contribution < 1.29 is 8.42 Å². The van der Waals surface area contributed by atoms with E-state index in [4.69, 9.17) is 0 Å². The highest BCUT2D eigenvalue weighted by molar-refractivity contribution is 7.88. The molecule has 1 aliphatic heterocycles. The van der Waals surface area contributed by atoms with E-state index in [2.05, 4.69) is 24.2 Å². The van der Waals surface area contributed by atoms with Gasteiger partial charge in [-0.15, -0.1) is 0 Å². The van der Waals surface area contributed by atoms with Crippen molar-refractivity contribution in [2.45, 2.75) is 33.1 Å². The molecular weight excluding hydrogens is 314 g/mol. The van der Waals surface area contributed by atoms with Gasteiger partial charge < -0.3 is 4.57 Å². The number of pyridine rings is 1. The topological polar surface area (TPSA) is 80.1 Å². The summed E-state index contributed by atoms with van der Waals surface area (Å²) < 4.78 is 26.9. The molecule has 1 aliphatic rings. The number of hydrogen-bond acceptors (Lipinski definition) is 5. The van der Waals surface area contributed by atoms with Gasteiger partial charge in [0.05, 0.1) is 30.7 Å². The van der Waals surface area contributed by atoms with Crippen LogP contribution in [0.4, 0.5) is 0 Å². The molecular formula is C15H21N5O2S. The Hall–Kier alpha value is -1.77. The Balaban J connectivity index is 1.65. The quantitative estimate of drug-likeness (QED) is 0.868. The summed E-state index contributed by atoms with van der Waals surface area (Å²) in [5, 5.41) is 0. The molecule has 0 aliphatic carbocycles. The lowest BCUT2D eigenvalue weighted by Gasteiger charge is -2.27. The van der Waals surface area contributed by atoms with E-state index in [1.807, 2.05) is 31.3 Å². The lowest BCUT2D eigenvalue weighted by molar-refractivity contribution is 0.206. The Kier molecular flexibility index (Phi) is 4.47. The Bertz CT molecular complexity index is 800. The molecule has 124 valence electrons. The van der Waals surface area contributed by atoms with Crippen LogP contribution in [0.25, 0.3) is 0 Å². The monoisotopic (exact) mass is 335 g/mol. The molecule has 2 aromatic rings. The zero-order chi connectivity index (χ0) is 16.4. The Morgan fingerprint density at radius 2 is 2.04 bits per heavy atom. The van der Waals surface area contributed by atoms with E-state index < -0.39 is 10.0 Å². The van der Waals surface area contributed by atoms with Crippen LogP contribution in [0.5, 0.6) is 0 Å². The van der Waals surface area contributed by atoms with Gasteiger partial charge >= 0.3 is 0 Å². The molecule has 0 saturated carbocycles. The number of fused-ring (bicyclic) bond motifs is 1. The molecule has 0 unspecified atom stereocenters. The van der Waals surface area contributed by atoms with Crippen molar-refractivity contribution in [1.82, 2.24) is 24.2 Å². The summed E-state index contributed by atoms with van der Waals surface area (Å²) in [6, 6.07) is 6.06. The van der Waals surface area contributed by atoms with Gasteiger partial charge in [0.25, 0.3) is 0 Å². The van der Waals surface area contributed by atoms with Crippen LogP contribution in [0.2, 0.25) is 0 Å². The van der Waals surface area contributed by atoms with Crippen molar-refractivity contribution >= 4 is 10.0 Å². The summed E-state index contributed by atoms with van der Waals surface area (Å²) in [5.74, 6) is 0.967. The molecule has 7 nitrogen and oxygen atoms in total. The third kappa shape index (κ3) is 4.37. The summed E-state index contributed by atoms with van der Waals surface area (Å²) in [5.41, 5.74) is 2.83. The minimum atomic E-state index is -3.20. The summed E-state index contributed by atoms with van der Waals surface area (Å²) in [7, 11) is -3.20. The van der Waals surface area contributed by atoms with E-state index in [0.29, 0.717) is 0 Å². The Morgan fingerprint density at radius 1 is 1.22 bits per heavy atom. The molecule has 0 amide bonds. The van der Waals surface area contributed by atoms with E-state index in [1.165, 1.54) is 0 Å². The van der Waals surface area contributed by atoms with Crippen LogP contribution in [0, 0.1) is 6.92 Å². The van der Waals surface area contributed by atoms with Gasteiger partial charge in [0.15, 0.2) is 0 Å². The SMILES string of the molecule is Cc1cccc(CN2CCn3cc(CNS(C)(=O)=O)nc3C2)n1. The number of nitrogens with zero attached hydrogens (tertiary/aromatic N) is 4. The highest BCUT2D eigenvalue weighted by Gasteiger charge is 2.19. The molecule has 0 spiro atoms. The highest BCUT2D eigenvalue weighted by atomic mass is 32.2. The second-order valence-electron chi connectivity index (χ2n) is 5.92. The predicted molar refractivity (Wildman–Crippen MR) is 87.0 cm³/mol. The molecule has 23 heavy (non-hydrogen) atoms. The number of aryl methyl sites for hydroxylation is 1. The maximum atomic E-state index is 11.2. The van der Waals surface area contributed by atoms with Crippen LogP contribution in [-0.4, -0.2) is 40.7 Å². The highest BCUT2D eigenvalue weighted by Crippen LogP contribution is 2.15. The summed E-state index contributed by atoms with van der Waals surface area (Å²) in [6.07, 6.45) is 3.08. The van der Waals surface area contributed by atoms with E-state index in [1.54, 1.807) is 0 Å². The van der Waals surface area contributed by atoms with Gasteiger partial charge in [-0.25, -0.2) is 18.1 Å². The molecule has 0 bridgehead atoms. The lowest BCUT2D eigenvalue weighted by Crippen LogP contribution is -2.33. The summed E-state index contributed by atoms with van der Waals surface area (Å²) in [4.78, 5) is 11.4. The standard InChI is InChI=1S/C15H21N5O2S/c1-12-4-3-5-13(17-12)9-19-6-7-20-10-14(18-15(20)11-19)8-16-23(2,21)22/h3-5,10,16H,6-9,11H2,1-2H3. The van der Waals surface area contributed by atoms with Crippen molar-refractivity contribution in [2.24, 2.45) is 0 Å². The van der Waals surface area contributed by atoms with Gasteiger partial charge in [0.2, 0.25) is 10.0 Å². The minimum Gasteiger partial charge on any atom is -0.332 e. The number of imidazole rings is 1. The van der Waals surface area contributed by atoms with Crippen molar-refractivity contribution in [2.75, 3.05) is 12.8 Å². The molecule has 2 aromatic heterocycles. The Morgan fingerprint density at radius 3 is 2.78 bits per heavy atom. The van der Waals surface area contributed by atoms with E-state index >= 15 is 0 Å². The Labute approximate surface area is 136 Å². The van der Waals surface area contributed by atoms with E-state index in [-0.39, 0.29) is 6.54 Å². The molecule has 0 saturated heterocycles. The van der Waals surface area contributed by atoms with Crippen LogP contribution >= 0.6 is 0 Å². The van der Waals surface area contributed by atoms with Gasteiger partial charge in [-0.1, -0.05) is 6.07 Å². The number of rotatable bonds is 5. The fraction of sp³-hybridized carbons (Fsp3) is 0.467. The third-order valence-corrected chi connectivity index (χ3v) is 4.45. The molecule has 0 aromatic carbocycles. The fourth-order valence-corrected chi connectivity index (χ4v) is 3.11. The summed E-state index contributed by atoms with van der Waals surface area (Å²) in [6.45, 7) is 5.55. The van der Waals surface area contributed by atoms with Gasteiger partial charge in [-0.05, 0) is 19.1 Å². The first-order valence-electron chi connectivity index (χ1n) is 7.53. The molecule has 1 N–H and O–H groups in total. The van der Waals surface area contributed by atoms with Crippen LogP contribution in [0.15, 0.2) is 24.4 Å². The largest absolute Gasteiger partial charge is 0.332 e. The number of sulfonamides is 1. The third-order valence-electron chi connectivity index (χ3n) is 3.78. The zero-order valence-electron chi connectivity index (χ0n) is 13.4.